The third-order valence-electron chi connectivity index (χ3n) is 5.80. The summed E-state index contributed by atoms with van der Waals surface area (Å²) < 4.78 is 11.4. The Labute approximate surface area is 179 Å². The SMILES string of the molecule is COc1ccc(/C=C/C(=O)c2ccc3c(c2O)CCC(C)(CCCC(C)C)O3)cc1. The molecule has 2 aromatic rings. The number of benzene rings is 2. The third kappa shape index (κ3) is 5.24. The van der Waals surface area contributed by atoms with Gasteiger partial charge < -0.3 is 14.6 Å². The van der Waals surface area contributed by atoms with E-state index in [1.54, 1.807) is 19.3 Å². The summed E-state index contributed by atoms with van der Waals surface area (Å²) >= 11 is 0. The minimum absolute atomic E-state index is 0.0427. The highest BCUT2D eigenvalue weighted by Gasteiger charge is 2.33. The van der Waals surface area contributed by atoms with Crippen LogP contribution < -0.4 is 9.47 Å². The smallest absolute Gasteiger partial charge is 0.189 e. The molecule has 1 N–H and O–H groups in total. The number of allylic oxidation sites excluding steroid dienone is 1. The van der Waals surface area contributed by atoms with E-state index in [-0.39, 0.29) is 17.1 Å². The molecular formula is C26H32O4. The van der Waals surface area contributed by atoms with Crippen LogP contribution in [0.25, 0.3) is 6.08 Å². The molecule has 0 saturated carbocycles. The number of carbonyl (C=O) groups is 1. The van der Waals surface area contributed by atoms with Crippen LogP contribution in [0.4, 0.5) is 0 Å². The van der Waals surface area contributed by atoms with Crippen LogP contribution in [-0.2, 0) is 6.42 Å². The van der Waals surface area contributed by atoms with Gasteiger partial charge in [0.25, 0.3) is 0 Å². The van der Waals surface area contributed by atoms with Crippen molar-refractivity contribution in [2.75, 3.05) is 7.11 Å². The van der Waals surface area contributed by atoms with Crippen LogP contribution in [-0.4, -0.2) is 23.6 Å². The molecule has 1 atom stereocenters. The number of hydrogen-bond acceptors (Lipinski definition) is 4. The average Bonchev–Trinajstić information content (AvgIpc) is 2.72. The molecule has 0 saturated heterocycles. The molecule has 160 valence electrons. The number of hydrogen-bond donors (Lipinski definition) is 1. The number of aromatic hydroxyl groups is 1. The van der Waals surface area contributed by atoms with Crippen molar-refractivity contribution in [3.05, 3.63) is 59.2 Å². The monoisotopic (exact) mass is 408 g/mol. The van der Waals surface area contributed by atoms with Crippen molar-refractivity contribution in [2.45, 2.75) is 58.5 Å². The molecule has 1 aliphatic heterocycles. The lowest BCUT2D eigenvalue weighted by Crippen LogP contribution is -2.36. The Kier molecular flexibility index (Phi) is 6.86. The van der Waals surface area contributed by atoms with Crippen molar-refractivity contribution in [3.8, 4) is 17.2 Å². The van der Waals surface area contributed by atoms with Crippen molar-refractivity contribution < 1.29 is 19.4 Å². The van der Waals surface area contributed by atoms with Gasteiger partial charge in [-0.1, -0.05) is 38.5 Å². The summed E-state index contributed by atoms with van der Waals surface area (Å²) in [7, 11) is 1.62. The van der Waals surface area contributed by atoms with E-state index in [0.29, 0.717) is 23.7 Å². The van der Waals surface area contributed by atoms with Gasteiger partial charge in [0, 0.05) is 5.56 Å². The molecule has 0 bridgehead atoms. The highest BCUT2D eigenvalue weighted by molar-refractivity contribution is 6.09. The Balaban J connectivity index is 1.71. The first-order chi connectivity index (χ1) is 14.3. The first-order valence-corrected chi connectivity index (χ1v) is 10.7. The fourth-order valence-electron chi connectivity index (χ4n) is 3.90. The predicted molar refractivity (Wildman–Crippen MR) is 121 cm³/mol. The molecule has 0 aliphatic carbocycles. The molecule has 1 aliphatic rings. The van der Waals surface area contributed by atoms with Gasteiger partial charge in [0.15, 0.2) is 5.78 Å². The van der Waals surface area contributed by atoms with Crippen LogP contribution in [0.5, 0.6) is 17.2 Å². The van der Waals surface area contributed by atoms with Crippen LogP contribution in [0.15, 0.2) is 42.5 Å². The molecule has 2 aromatic carbocycles. The largest absolute Gasteiger partial charge is 0.507 e. The average molecular weight is 409 g/mol. The van der Waals surface area contributed by atoms with Crippen molar-refractivity contribution >= 4 is 11.9 Å². The van der Waals surface area contributed by atoms with E-state index in [2.05, 4.69) is 20.8 Å². The van der Waals surface area contributed by atoms with Crippen molar-refractivity contribution in [1.29, 1.82) is 0 Å². The Morgan fingerprint density at radius 2 is 1.97 bits per heavy atom. The van der Waals surface area contributed by atoms with E-state index in [1.807, 2.05) is 30.3 Å². The van der Waals surface area contributed by atoms with Gasteiger partial charge >= 0.3 is 0 Å². The van der Waals surface area contributed by atoms with Crippen LogP contribution in [0.1, 0.15) is 67.9 Å². The standard InChI is InChI=1S/C26H32O4/c1-18(2)6-5-16-26(3)17-15-22-24(30-26)14-12-21(25(22)28)23(27)13-9-19-7-10-20(29-4)11-8-19/h7-14,18,28H,5-6,15-17H2,1-4H3/b13-9+. The van der Waals surface area contributed by atoms with E-state index in [1.165, 1.54) is 12.5 Å². The van der Waals surface area contributed by atoms with Gasteiger partial charge in [-0.05, 0) is 74.4 Å². The minimum atomic E-state index is -0.226. The quantitative estimate of drug-likeness (QED) is 0.417. The number of fused-ring (bicyclic) bond motifs is 1. The van der Waals surface area contributed by atoms with Crippen molar-refractivity contribution in [3.63, 3.8) is 0 Å². The lowest BCUT2D eigenvalue weighted by atomic mass is 9.86. The van der Waals surface area contributed by atoms with Crippen LogP contribution in [0, 0.1) is 5.92 Å². The Hall–Kier alpha value is -2.75. The number of ketones is 1. The fourth-order valence-corrected chi connectivity index (χ4v) is 3.90. The summed E-state index contributed by atoms with van der Waals surface area (Å²) in [5.41, 5.74) is 1.72. The lowest BCUT2D eigenvalue weighted by molar-refractivity contribution is 0.0520. The molecule has 0 amide bonds. The first-order valence-electron chi connectivity index (χ1n) is 10.7. The zero-order valence-corrected chi connectivity index (χ0v) is 18.4. The maximum Gasteiger partial charge on any atom is 0.189 e. The van der Waals surface area contributed by atoms with Gasteiger partial charge in [-0.25, -0.2) is 0 Å². The summed E-state index contributed by atoms with van der Waals surface area (Å²) in [5.74, 6) is 1.97. The fraction of sp³-hybridized carbons (Fsp3) is 0.423. The van der Waals surface area contributed by atoms with E-state index in [9.17, 15) is 9.90 Å². The molecule has 30 heavy (non-hydrogen) atoms. The van der Waals surface area contributed by atoms with E-state index < -0.39 is 0 Å². The molecule has 0 fully saturated rings. The highest BCUT2D eigenvalue weighted by Crippen LogP contribution is 2.41. The normalized spacial score (nSPS) is 18.3. The maximum absolute atomic E-state index is 12.7. The van der Waals surface area contributed by atoms with Gasteiger partial charge in [0.2, 0.25) is 0 Å². The lowest BCUT2D eigenvalue weighted by Gasteiger charge is -2.36. The molecule has 4 heteroatoms. The zero-order chi connectivity index (χ0) is 21.7. The number of phenols is 1. The van der Waals surface area contributed by atoms with Gasteiger partial charge in [-0.15, -0.1) is 0 Å². The van der Waals surface area contributed by atoms with Gasteiger partial charge in [-0.2, -0.15) is 0 Å². The molecule has 0 spiro atoms. The zero-order valence-electron chi connectivity index (χ0n) is 18.4. The molecule has 1 heterocycles. The summed E-state index contributed by atoms with van der Waals surface area (Å²) in [6, 6.07) is 10.9. The first kappa shape index (κ1) is 21.9. The van der Waals surface area contributed by atoms with Crippen molar-refractivity contribution in [1.82, 2.24) is 0 Å². The molecular weight excluding hydrogens is 376 g/mol. The second kappa shape index (κ2) is 9.38. The van der Waals surface area contributed by atoms with Crippen LogP contribution >= 0.6 is 0 Å². The number of carbonyl (C=O) groups excluding carboxylic acids is 1. The summed E-state index contributed by atoms with van der Waals surface area (Å²) in [5, 5.41) is 10.7. The van der Waals surface area contributed by atoms with Crippen LogP contribution in [0.2, 0.25) is 0 Å². The third-order valence-corrected chi connectivity index (χ3v) is 5.80. The highest BCUT2D eigenvalue weighted by atomic mass is 16.5. The number of ether oxygens (including phenoxy) is 2. The Morgan fingerprint density at radius 1 is 1.23 bits per heavy atom. The second-order valence-electron chi connectivity index (χ2n) is 8.75. The summed E-state index contributed by atoms with van der Waals surface area (Å²) in [4.78, 5) is 12.7. The van der Waals surface area contributed by atoms with Gasteiger partial charge in [0.1, 0.15) is 22.8 Å². The summed E-state index contributed by atoms with van der Waals surface area (Å²) in [6.07, 6.45) is 8.09. The Morgan fingerprint density at radius 3 is 2.63 bits per heavy atom. The predicted octanol–water partition coefficient (Wildman–Crippen LogP) is 6.21. The molecule has 1 unspecified atom stereocenters. The van der Waals surface area contributed by atoms with Crippen LogP contribution in [0.3, 0.4) is 0 Å². The molecule has 3 rings (SSSR count). The molecule has 0 radical (unpaired) electrons. The molecule has 0 aromatic heterocycles. The van der Waals surface area contributed by atoms with Gasteiger partial charge in [-0.3, -0.25) is 4.79 Å². The van der Waals surface area contributed by atoms with E-state index in [0.717, 1.165) is 36.1 Å². The second-order valence-corrected chi connectivity index (χ2v) is 8.75. The van der Waals surface area contributed by atoms with Gasteiger partial charge in [0.05, 0.1) is 12.7 Å². The number of methoxy groups -OCH3 is 1. The summed E-state index contributed by atoms with van der Waals surface area (Å²) in [6.45, 7) is 6.61. The topological polar surface area (TPSA) is 55.8 Å². The molecule has 4 nitrogen and oxygen atoms in total. The van der Waals surface area contributed by atoms with E-state index in [4.69, 9.17) is 9.47 Å². The minimum Gasteiger partial charge on any atom is -0.507 e. The number of rotatable bonds is 8. The van der Waals surface area contributed by atoms with E-state index >= 15 is 0 Å². The van der Waals surface area contributed by atoms with Crippen molar-refractivity contribution in [2.24, 2.45) is 5.92 Å². The maximum atomic E-state index is 12.7. The Bertz CT molecular complexity index is 911. The number of phenolic OH excluding ortho intramolecular Hbond substituents is 1.